The van der Waals surface area contributed by atoms with Gasteiger partial charge in [0.15, 0.2) is 5.11 Å². The normalized spacial score (nSPS) is 9.86. The maximum absolute atomic E-state index is 5.20. The van der Waals surface area contributed by atoms with Gasteiger partial charge in [0.25, 0.3) is 0 Å². The Kier molecular flexibility index (Phi) is 18.7. The van der Waals surface area contributed by atoms with Crippen molar-refractivity contribution < 1.29 is 17.1 Å². The van der Waals surface area contributed by atoms with Crippen molar-refractivity contribution in [1.29, 1.82) is 0 Å². The van der Waals surface area contributed by atoms with Gasteiger partial charge in [-0.15, -0.1) is 0 Å². The summed E-state index contributed by atoms with van der Waals surface area (Å²) in [6, 6.07) is 30.6. The zero-order valence-electron chi connectivity index (χ0n) is 21.1. The predicted octanol–water partition coefficient (Wildman–Crippen LogP) is 9.64. The Bertz CT molecular complexity index is 829. The molecule has 2 nitrogen and oxygen atoms in total. The number of thiocarbonyl (C=S) groups is 1. The van der Waals surface area contributed by atoms with Gasteiger partial charge in [-0.3, -0.25) is 0 Å². The van der Waals surface area contributed by atoms with Gasteiger partial charge in [-0.25, -0.2) is 0 Å². The molecule has 0 atom stereocenters. The fourth-order valence-corrected chi connectivity index (χ4v) is 4.03. The SMILES string of the molecule is CCCCCCCCCCCCc1ccccc1.S=C(Nc1ccccc1)Nc1ccccc1.[Cu]. The molecule has 4 heteroatoms. The van der Waals surface area contributed by atoms with E-state index in [1.54, 1.807) is 0 Å². The van der Waals surface area contributed by atoms with Crippen LogP contribution in [0.4, 0.5) is 11.4 Å². The molecule has 3 aromatic carbocycles. The number of aryl methyl sites for hydroxylation is 1. The summed E-state index contributed by atoms with van der Waals surface area (Å²) in [5.41, 5.74) is 3.46. The minimum absolute atomic E-state index is 0. The van der Waals surface area contributed by atoms with E-state index in [0.717, 1.165) is 11.4 Å². The quantitative estimate of drug-likeness (QED) is 0.129. The summed E-state index contributed by atoms with van der Waals surface area (Å²) >= 11 is 5.20. The van der Waals surface area contributed by atoms with Gasteiger partial charge in [0.2, 0.25) is 0 Å². The number of benzene rings is 3. The van der Waals surface area contributed by atoms with Gasteiger partial charge in [-0.05, 0) is 54.9 Å². The first kappa shape index (κ1) is 30.9. The van der Waals surface area contributed by atoms with Crippen LogP contribution in [0.1, 0.15) is 76.7 Å². The molecule has 0 aliphatic carbocycles. The second-order valence-electron chi connectivity index (χ2n) is 8.73. The van der Waals surface area contributed by atoms with Crippen LogP contribution >= 0.6 is 12.2 Å². The minimum atomic E-state index is 0. The Morgan fingerprint density at radius 1 is 0.543 bits per heavy atom. The molecular formula is C31H42CuN2S. The molecule has 0 saturated heterocycles. The number of hydrogen-bond acceptors (Lipinski definition) is 1. The van der Waals surface area contributed by atoms with Crippen molar-refractivity contribution in [1.82, 2.24) is 0 Å². The van der Waals surface area contributed by atoms with Crippen molar-refractivity contribution >= 4 is 28.7 Å². The molecule has 0 fully saturated rings. The topological polar surface area (TPSA) is 24.1 Å². The fourth-order valence-electron chi connectivity index (χ4n) is 3.80. The van der Waals surface area contributed by atoms with Crippen LogP contribution in [-0.4, -0.2) is 5.11 Å². The van der Waals surface area contributed by atoms with Crippen molar-refractivity contribution in [2.75, 3.05) is 10.6 Å². The molecular weight excluding hydrogens is 496 g/mol. The third-order valence-corrected chi connectivity index (χ3v) is 5.93. The van der Waals surface area contributed by atoms with E-state index < -0.39 is 0 Å². The Hall–Kier alpha value is -2.13. The average Bonchev–Trinajstić information content (AvgIpc) is 2.87. The molecule has 0 bridgehead atoms. The molecule has 3 rings (SSSR count). The molecule has 0 aliphatic rings. The zero-order valence-corrected chi connectivity index (χ0v) is 22.9. The standard InChI is InChI=1S/C18H30.C13H12N2S.Cu/c1-2-3-4-5-6-7-8-9-10-12-15-18-16-13-11-14-17-18;16-13(14-11-7-3-1-4-8-11)15-12-9-5-2-6-10-12;/h11,13-14,16-17H,2-10,12,15H2,1H3;1-10H,(H2,14,15,16);. The molecule has 3 aromatic rings. The Morgan fingerprint density at radius 3 is 1.34 bits per heavy atom. The molecule has 0 saturated carbocycles. The first-order valence-corrected chi connectivity index (χ1v) is 13.4. The molecule has 193 valence electrons. The Labute approximate surface area is 229 Å². The summed E-state index contributed by atoms with van der Waals surface area (Å²) in [7, 11) is 0. The monoisotopic (exact) mass is 537 g/mol. The van der Waals surface area contributed by atoms with E-state index in [1.807, 2.05) is 60.7 Å². The third kappa shape index (κ3) is 16.2. The molecule has 0 aliphatic heterocycles. The largest absolute Gasteiger partial charge is 0.332 e. The summed E-state index contributed by atoms with van der Waals surface area (Å²) < 4.78 is 0. The number of unbranched alkanes of at least 4 members (excludes halogenated alkanes) is 9. The van der Waals surface area contributed by atoms with Crippen LogP contribution in [0.15, 0.2) is 91.0 Å². The van der Waals surface area contributed by atoms with E-state index in [4.69, 9.17) is 12.2 Å². The second kappa shape index (κ2) is 21.2. The van der Waals surface area contributed by atoms with Crippen LogP contribution in [0, 0.1) is 0 Å². The summed E-state index contributed by atoms with van der Waals surface area (Å²) in [6.07, 6.45) is 15.5. The van der Waals surface area contributed by atoms with E-state index in [0.29, 0.717) is 5.11 Å². The maximum atomic E-state index is 5.20. The van der Waals surface area contributed by atoms with Crippen LogP contribution in [0.5, 0.6) is 0 Å². The van der Waals surface area contributed by atoms with Crippen LogP contribution in [-0.2, 0) is 23.5 Å². The number of hydrogen-bond donors (Lipinski definition) is 2. The van der Waals surface area contributed by atoms with E-state index in [-0.39, 0.29) is 17.1 Å². The number of rotatable bonds is 13. The smallest absolute Gasteiger partial charge is 0.175 e. The van der Waals surface area contributed by atoms with Gasteiger partial charge < -0.3 is 10.6 Å². The number of para-hydroxylation sites is 2. The van der Waals surface area contributed by atoms with Crippen molar-refractivity contribution in [3.05, 3.63) is 96.6 Å². The van der Waals surface area contributed by atoms with Gasteiger partial charge >= 0.3 is 0 Å². The van der Waals surface area contributed by atoms with Crippen molar-refractivity contribution in [2.24, 2.45) is 0 Å². The molecule has 0 amide bonds. The molecule has 0 unspecified atom stereocenters. The average molecular weight is 538 g/mol. The molecule has 35 heavy (non-hydrogen) atoms. The summed E-state index contributed by atoms with van der Waals surface area (Å²) in [5.74, 6) is 0. The second-order valence-corrected chi connectivity index (χ2v) is 9.14. The van der Waals surface area contributed by atoms with Crippen LogP contribution in [0.25, 0.3) is 0 Å². The van der Waals surface area contributed by atoms with Gasteiger partial charge in [0.05, 0.1) is 0 Å². The van der Waals surface area contributed by atoms with Crippen molar-refractivity contribution in [2.45, 2.75) is 77.6 Å². The van der Waals surface area contributed by atoms with Crippen LogP contribution in [0.2, 0.25) is 0 Å². The zero-order chi connectivity index (χ0) is 24.1. The van der Waals surface area contributed by atoms with E-state index in [9.17, 15) is 0 Å². The molecule has 0 spiro atoms. The Morgan fingerprint density at radius 2 is 0.914 bits per heavy atom. The third-order valence-electron chi connectivity index (χ3n) is 5.73. The molecule has 0 aromatic heterocycles. The van der Waals surface area contributed by atoms with E-state index in [1.165, 1.54) is 76.2 Å². The van der Waals surface area contributed by atoms with Gasteiger partial charge in [-0.1, -0.05) is 131 Å². The summed E-state index contributed by atoms with van der Waals surface area (Å²) in [5, 5.41) is 6.82. The number of nitrogens with one attached hydrogen (secondary N) is 2. The summed E-state index contributed by atoms with van der Waals surface area (Å²) in [4.78, 5) is 0. The van der Waals surface area contributed by atoms with Crippen LogP contribution < -0.4 is 10.6 Å². The Balaban J connectivity index is 0.000000342. The van der Waals surface area contributed by atoms with Crippen LogP contribution in [0.3, 0.4) is 0 Å². The van der Waals surface area contributed by atoms with Gasteiger partial charge in [0.1, 0.15) is 0 Å². The van der Waals surface area contributed by atoms with E-state index in [2.05, 4.69) is 47.9 Å². The van der Waals surface area contributed by atoms with Crippen molar-refractivity contribution in [3.63, 3.8) is 0 Å². The first-order valence-electron chi connectivity index (χ1n) is 13.0. The van der Waals surface area contributed by atoms with E-state index >= 15 is 0 Å². The van der Waals surface area contributed by atoms with Gasteiger partial charge in [0, 0.05) is 28.4 Å². The first-order chi connectivity index (χ1) is 16.8. The predicted molar refractivity (Wildman–Crippen MR) is 155 cm³/mol. The minimum Gasteiger partial charge on any atom is -0.332 e. The molecule has 1 radical (unpaired) electrons. The molecule has 0 heterocycles. The van der Waals surface area contributed by atoms with Gasteiger partial charge in [-0.2, -0.15) is 0 Å². The fraction of sp³-hybridized carbons (Fsp3) is 0.387. The van der Waals surface area contributed by atoms with Crippen molar-refractivity contribution in [3.8, 4) is 0 Å². The summed E-state index contributed by atoms with van der Waals surface area (Å²) in [6.45, 7) is 2.28. The number of anilines is 2. The maximum Gasteiger partial charge on any atom is 0.175 e. The molecule has 2 N–H and O–H groups in total.